The maximum Gasteiger partial charge on any atom is 0.331 e. The third-order valence-electron chi connectivity index (χ3n) is 3.87. The lowest BCUT2D eigenvalue weighted by atomic mass is 9.92. The van der Waals surface area contributed by atoms with Gasteiger partial charge in [0.1, 0.15) is 0 Å². The molecule has 1 aliphatic heterocycles. The first kappa shape index (κ1) is 16.3. The van der Waals surface area contributed by atoms with Gasteiger partial charge < -0.3 is 14.8 Å². The molecule has 1 N–H and O–H groups in total. The quantitative estimate of drug-likeness (QED) is 0.782. The Morgan fingerprint density at radius 3 is 2.81 bits per heavy atom. The van der Waals surface area contributed by atoms with Gasteiger partial charge in [-0.15, -0.1) is 0 Å². The number of carbonyl (C=O) groups excluding carboxylic acids is 1. The zero-order valence-electron chi connectivity index (χ0n) is 12.6. The molecule has 0 radical (unpaired) electrons. The Hall–Kier alpha value is -1.04. The van der Waals surface area contributed by atoms with Crippen molar-refractivity contribution < 1.29 is 14.3 Å². The Kier molecular flexibility index (Phi) is 6.08. The molecule has 5 heteroatoms. The number of methoxy groups -OCH3 is 1. The second-order valence-corrected chi connectivity index (χ2v) is 6.19. The summed E-state index contributed by atoms with van der Waals surface area (Å²) >= 11 is 1.73. The van der Waals surface area contributed by atoms with E-state index in [0.29, 0.717) is 11.9 Å². The predicted molar refractivity (Wildman–Crippen MR) is 85.5 cm³/mol. The molecule has 0 saturated carbocycles. The molecule has 4 nitrogen and oxygen atoms in total. The van der Waals surface area contributed by atoms with Crippen LogP contribution in [0.1, 0.15) is 18.4 Å². The third kappa shape index (κ3) is 3.78. The Morgan fingerprint density at radius 2 is 2.24 bits per heavy atom. The Labute approximate surface area is 130 Å². The van der Waals surface area contributed by atoms with E-state index in [4.69, 9.17) is 9.47 Å². The minimum atomic E-state index is -0.806. The fourth-order valence-electron chi connectivity index (χ4n) is 2.59. The van der Waals surface area contributed by atoms with E-state index >= 15 is 0 Å². The van der Waals surface area contributed by atoms with Gasteiger partial charge in [0.05, 0.1) is 13.2 Å². The molecule has 2 rings (SSSR count). The van der Waals surface area contributed by atoms with Crippen LogP contribution in [0.5, 0.6) is 0 Å². The summed E-state index contributed by atoms with van der Waals surface area (Å²) in [4.78, 5) is 12.4. The average Bonchev–Trinajstić information content (AvgIpc) is 3.05. The van der Waals surface area contributed by atoms with Crippen LogP contribution in [0.15, 0.2) is 30.3 Å². The van der Waals surface area contributed by atoms with Gasteiger partial charge in [-0.05, 0) is 25.5 Å². The highest BCUT2D eigenvalue weighted by atomic mass is 32.2. The third-order valence-corrected chi connectivity index (χ3v) is 5.12. The van der Waals surface area contributed by atoms with E-state index in [2.05, 4.69) is 5.32 Å². The number of nitrogens with one attached hydrogen (secondary N) is 1. The smallest absolute Gasteiger partial charge is 0.331 e. The summed E-state index contributed by atoms with van der Waals surface area (Å²) in [7, 11) is 3.23. The monoisotopic (exact) mass is 309 g/mol. The fraction of sp³-hybridized carbons (Fsp3) is 0.562. The lowest BCUT2D eigenvalue weighted by Gasteiger charge is -2.31. The van der Waals surface area contributed by atoms with Crippen LogP contribution >= 0.6 is 11.8 Å². The van der Waals surface area contributed by atoms with E-state index in [1.165, 1.54) is 7.11 Å². The second-order valence-electron chi connectivity index (χ2n) is 5.16. The normalized spacial score (nSPS) is 21.0. The summed E-state index contributed by atoms with van der Waals surface area (Å²) in [5.41, 5.74) is 0.124. The summed E-state index contributed by atoms with van der Waals surface area (Å²) in [5, 5.41) is 3.17. The van der Waals surface area contributed by atoms with Crippen LogP contribution in [0.4, 0.5) is 0 Å². The molecule has 0 spiro atoms. The zero-order chi connectivity index (χ0) is 15.1. The molecule has 2 atom stereocenters. The molecule has 0 aromatic heterocycles. The largest absolute Gasteiger partial charge is 0.467 e. The summed E-state index contributed by atoms with van der Waals surface area (Å²) < 4.78 is 10.7. The Bertz CT molecular complexity index is 448. The Morgan fingerprint density at radius 1 is 1.48 bits per heavy atom. The Balaban J connectivity index is 2.09. The number of thioether (sulfide) groups is 1. The predicted octanol–water partition coefficient (Wildman–Crippen LogP) is 2.19. The van der Waals surface area contributed by atoms with Crippen molar-refractivity contribution in [1.29, 1.82) is 0 Å². The maximum atomic E-state index is 12.4. The van der Waals surface area contributed by atoms with Crippen LogP contribution < -0.4 is 5.32 Å². The van der Waals surface area contributed by atoms with E-state index in [-0.39, 0.29) is 5.97 Å². The van der Waals surface area contributed by atoms with Crippen molar-refractivity contribution in [2.75, 3.05) is 32.3 Å². The summed E-state index contributed by atoms with van der Waals surface area (Å²) in [6.07, 6.45) is 2.57. The number of esters is 1. The van der Waals surface area contributed by atoms with Gasteiger partial charge >= 0.3 is 5.97 Å². The molecule has 1 saturated heterocycles. The van der Waals surface area contributed by atoms with E-state index in [0.717, 1.165) is 30.8 Å². The molecule has 1 fully saturated rings. The van der Waals surface area contributed by atoms with Crippen LogP contribution in [0, 0.1) is 0 Å². The number of hydrogen-bond donors (Lipinski definition) is 1. The first-order valence-electron chi connectivity index (χ1n) is 7.25. The lowest BCUT2D eigenvalue weighted by Crippen LogP contribution is -2.50. The molecule has 2 unspecified atom stereocenters. The van der Waals surface area contributed by atoms with Gasteiger partial charge in [-0.2, -0.15) is 11.8 Å². The molecular formula is C16H23NO3S. The van der Waals surface area contributed by atoms with Crippen molar-refractivity contribution in [3.8, 4) is 0 Å². The molecule has 1 heterocycles. The first-order valence-corrected chi connectivity index (χ1v) is 8.40. The van der Waals surface area contributed by atoms with Gasteiger partial charge in [0.2, 0.25) is 0 Å². The minimum absolute atomic E-state index is 0.254. The molecular weight excluding hydrogens is 286 g/mol. The summed E-state index contributed by atoms with van der Waals surface area (Å²) in [6.45, 7) is 0.859. The van der Waals surface area contributed by atoms with Gasteiger partial charge in [0.25, 0.3) is 0 Å². The zero-order valence-corrected chi connectivity index (χ0v) is 13.4. The van der Waals surface area contributed by atoms with Crippen molar-refractivity contribution >= 4 is 17.7 Å². The lowest BCUT2D eigenvalue weighted by molar-refractivity contribution is -0.147. The number of ether oxygens (including phenoxy) is 2. The number of carbonyl (C=O) groups is 1. The average molecular weight is 309 g/mol. The van der Waals surface area contributed by atoms with Crippen molar-refractivity contribution in [3.63, 3.8) is 0 Å². The number of likely N-dealkylation sites (N-methyl/N-ethyl adjacent to an activating group) is 1. The van der Waals surface area contributed by atoms with Gasteiger partial charge in [-0.25, -0.2) is 4.79 Å². The molecule has 0 bridgehead atoms. The molecule has 21 heavy (non-hydrogen) atoms. The first-order chi connectivity index (χ1) is 10.2. The van der Waals surface area contributed by atoms with E-state index in [9.17, 15) is 4.79 Å². The number of benzene rings is 1. The molecule has 0 aliphatic carbocycles. The van der Waals surface area contributed by atoms with Crippen LogP contribution in [0.2, 0.25) is 0 Å². The van der Waals surface area contributed by atoms with Crippen molar-refractivity contribution in [3.05, 3.63) is 35.9 Å². The second kappa shape index (κ2) is 7.82. The van der Waals surface area contributed by atoms with Crippen molar-refractivity contribution in [1.82, 2.24) is 5.32 Å². The SMILES string of the molecule is CNC(CSCC1CCCO1)(C(=O)OC)c1ccccc1. The standard InChI is InChI=1S/C16H23NO3S/c1-17-16(15(18)19-2,13-7-4-3-5-8-13)12-21-11-14-9-6-10-20-14/h3-5,7-8,14,17H,6,9-12H2,1-2H3. The van der Waals surface area contributed by atoms with Crippen LogP contribution in [-0.4, -0.2) is 44.3 Å². The topological polar surface area (TPSA) is 47.6 Å². The number of rotatable bonds is 7. The summed E-state index contributed by atoms with van der Waals surface area (Å²) in [5.74, 6) is 1.28. The molecule has 1 aliphatic rings. The van der Waals surface area contributed by atoms with Gasteiger partial charge in [0, 0.05) is 18.1 Å². The van der Waals surface area contributed by atoms with E-state index in [1.54, 1.807) is 18.8 Å². The van der Waals surface area contributed by atoms with Crippen LogP contribution in [-0.2, 0) is 19.8 Å². The highest BCUT2D eigenvalue weighted by molar-refractivity contribution is 7.99. The molecule has 0 amide bonds. The number of hydrogen-bond acceptors (Lipinski definition) is 5. The highest BCUT2D eigenvalue weighted by Gasteiger charge is 2.40. The van der Waals surface area contributed by atoms with Gasteiger partial charge in [-0.1, -0.05) is 30.3 Å². The van der Waals surface area contributed by atoms with E-state index in [1.807, 2.05) is 30.3 Å². The van der Waals surface area contributed by atoms with Gasteiger partial charge in [0.15, 0.2) is 5.54 Å². The molecule has 116 valence electrons. The summed E-state index contributed by atoms with van der Waals surface area (Å²) in [6, 6.07) is 9.74. The maximum absolute atomic E-state index is 12.4. The van der Waals surface area contributed by atoms with Crippen LogP contribution in [0.25, 0.3) is 0 Å². The molecule has 1 aromatic rings. The molecule has 1 aromatic carbocycles. The van der Waals surface area contributed by atoms with E-state index < -0.39 is 5.54 Å². The van der Waals surface area contributed by atoms with Crippen molar-refractivity contribution in [2.45, 2.75) is 24.5 Å². The minimum Gasteiger partial charge on any atom is -0.467 e. The van der Waals surface area contributed by atoms with Crippen molar-refractivity contribution in [2.24, 2.45) is 0 Å². The van der Waals surface area contributed by atoms with Crippen LogP contribution in [0.3, 0.4) is 0 Å². The highest BCUT2D eigenvalue weighted by Crippen LogP contribution is 2.28. The van der Waals surface area contributed by atoms with Gasteiger partial charge in [-0.3, -0.25) is 0 Å². The fourth-order valence-corrected chi connectivity index (χ4v) is 3.97.